The van der Waals surface area contributed by atoms with E-state index in [-0.39, 0.29) is 45.9 Å². The van der Waals surface area contributed by atoms with E-state index in [9.17, 15) is 93.5 Å². The standard InChI is InChI=1S/C26H33N3O17S.C15H18N4O8S/c27-10(24(41)42)1-3-15(32)29-11(23(40)28-7-17(35)36)8-47-22-13(31)5-9(12(30)2-4-16(33)34)6-14(22)45-26-20(39)18(37)19(38)21(46-26)25(43)44;16-8(14(22)23)2-4-12(20)18-9(15(24)25)6-28-11-3-1-7(13(17)21)5-10(11)19(26)27/h5-6,10-11,18-21,26,31,37-39H,1-4,7-8,27H2,(H,28,40)(H,29,32)(H,33,34)(H,35,36)(H,41,42)(H,43,44);1,3,5,8-9H,2,4,6,16H2,(H2,17,21)(H,18,20)(H,22,23)(H,24,25)/t10?,11?,18-,19-,20+,21?,26?;/m0./s1. The summed E-state index contributed by atoms with van der Waals surface area (Å²) in [5, 5.41) is 113. The first-order valence-corrected chi connectivity index (χ1v) is 23.2. The zero-order valence-corrected chi connectivity index (χ0v) is 40.2. The number of nitro groups is 1. The molecule has 1 aliphatic heterocycles. The summed E-state index contributed by atoms with van der Waals surface area (Å²) in [5.74, 6) is -14.8. The van der Waals surface area contributed by atoms with E-state index < -0.39 is 174 Å². The summed E-state index contributed by atoms with van der Waals surface area (Å²) in [6, 6.07) is -0.213. The molecule has 9 atom stereocenters. The largest absolute Gasteiger partial charge is 0.507 e. The average Bonchev–Trinajstić information content (AvgIpc) is 3.33. The smallest absolute Gasteiger partial charge is 0.335 e. The van der Waals surface area contributed by atoms with Gasteiger partial charge in [0.1, 0.15) is 60.5 Å². The molecule has 412 valence electrons. The van der Waals surface area contributed by atoms with E-state index in [1.165, 1.54) is 12.1 Å². The first kappa shape index (κ1) is 63.4. The van der Waals surface area contributed by atoms with Crippen molar-refractivity contribution in [3.8, 4) is 11.5 Å². The van der Waals surface area contributed by atoms with Gasteiger partial charge in [0.15, 0.2) is 11.9 Å². The molecule has 0 saturated carbocycles. The minimum Gasteiger partial charge on any atom is -0.507 e. The second-order valence-electron chi connectivity index (χ2n) is 15.6. The number of aliphatic carboxylic acids is 6. The van der Waals surface area contributed by atoms with Gasteiger partial charge in [-0.15, -0.1) is 23.5 Å². The normalized spacial score (nSPS) is 18.4. The quantitative estimate of drug-likeness (QED) is 0.0161. The van der Waals surface area contributed by atoms with Crippen LogP contribution < -0.4 is 37.9 Å². The number of Topliss-reactive ketones (excluding diaryl/α,β-unsaturated/α-hetero) is 1. The number of thioether (sulfide) groups is 2. The highest BCUT2D eigenvalue weighted by atomic mass is 32.2. The van der Waals surface area contributed by atoms with Crippen LogP contribution in [0.5, 0.6) is 11.5 Å². The molecule has 0 aliphatic carbocycles. The van der Waals surface area contributed by atoms with E-state index in [1.807, 2.05) is 5.32 Å². The minimum absolute atomic E-state index is 0.0751. The predicted octanol–water partition coefficient (Wildman–Crippen LogP) is -3.77. The maximum Gasteiger partial charge on any atom is 0.335 e. The van der Waals surface area contributed by atoms with E-state index in [0.29, 0.717) is 11.8 Å². The monoisotopic (exact) mass is 1110 g/mol. The fraction of sp³-hybridized carbons (Fsp3) is 0.439. The van der Waals surface area contributed by atoms with Crippen molar-refractivity contribution >= 4 is 94.4 Å². The highest BCUT2D eigenvalue weighted by Gasteiger charge is 2.48. The SMILES string of the molecule is NC(=O)c1ccc(SCC(NC(=O)CCC(N)C(=O)O)C(=O)O)c([N+](=O)[O-])c1.NC(CCC(=O)NC(CSc1c(O)cc(C(=O)CCC(=O)O)cc1OC1OC(C(=O)O)[C@@H](O)[C@H](O)[C@H]1O)C(=O)NCC(=O)O)C(=O)O. The van der Waals surface area contributed by atoms with Gasteiger partial charge >= 0.3 is 35.8 Å². The third kappa shape index (κ3) is 20.6. The van der Waals surface area contributed by atoms with Crippen LogP contribution in [0.1, 0.15) is 59.2 Å². The molecule has 0 radical (unpaired) electrons. The Bertz CT molecular complexity index is 2500. The first-order chi connectivity index (χ1) is 34.9. The van der Waals surface area contributed by atoms with Gasteiger partial charge in [-0.2, -0.15) is 0 Å². The Hall–Kier alpha value is -7.73. The third-order valence-corrected chi connectivity index (χ3v) is 12.3. The molecular formula is C41H51N7O25S2. The number of nitrogens with two attached hydrogens (primary N) is 3. The molecule has 6 unspecified atom stereocenters. The number of nitro benzene ring substituents is 1. The Morgan fingerprint density at radius 1 is 0.707 bits per heavy atom. The Morgan fingerprint density at radius 2 is 1.27 bits per heavy atom. The van der Waals surface area contributed by atoms with Crippen LogP contribution in [0, 0.1) is 10.1 Å². The van der Waals surface area contributed by atoms with Crippen LogP contribution in [-0.2, 0) is 47.9 Å². The number of ether oxygens (including phenoxy) is 2. The number of aliphatic hydroxyl groups is 3. The lowest BCUT2D eigenvalue weighted by Crippen LogP contribution is -2.61. The number of hydrogen-bond donors (Lipinski definition) is 16. The lowest BCUT2D eigenvalue weighted by atomic mass is 9.99. The molecule has 0 aromatic heterocycles. The van der Waals surface area contributed by atoms with Gasteiger partial charge in [-0.3, -0.25) is 53.3 Å². The van der Waals surface area contributed by atoms with Crippen molar-refractivity contribution in [2.45, 2.75) is 103 Å². The number of carboxylic acid groups (broad SMARTS) is 6. The van der Waals surface area contributed by atoms with E-state index in [4.69, 9.17) is 47.1 Å². The van der Waals surface area contributed by atoms with Crippen LogP contribution in [-0.4, -0.2) is 194 Å². The number of rotatable bonds is 29. The van der Waals surface area contributed by atoms with Gasteiger partial charge < -0.3 is 93.7 Å². The van der Waals surface area contributed by atoms with Crippen molar-refractivity contribution in [1.29, 1.82) is 0 Å². The molecular weight excluding hydrogens is 1050 g/mol. The molecule has 1 heterocycles. The number of aromatic hydroxyl groups is 1. The number of carboxylic acids is 6. The van der Waals surface area contributed by atoms with Gasteiger partial charge in [-0.25, -0.2) is 9.59 Å². The predicted molar refractivity (Wildman–Crippen MR) is 249 cm³/mol. The summed E-state index contributed by atoms with van der Waals surface area (Å²) in [6.07, 6.45) is -12.8. The molecule has 2 aromatic carbocycles. The molecule has 2 aromatic rings. The first-order valence-electron chi connectivity index (χ1n) is 21.3. The second kappa shape index (κ2) is 29.8. The van der Waals surface area contributed by atoms with Crippen LogP contribution in [0.15, 0.2) is 40.1 Å². The fourth-order valence-electron chi connectivity index (χ4n) is 5.89. The molecule has 32 nitrogen and oxygen atoms in total. The highest BCUT2D eigenvalue weighted by molar-refractivity contribution is 7.99. The zero-order chi connectivity index (χ0) is 57.0. The van der Waals surface area contributed by atoms with E-state index >= 15 is 0 Å². The van der Waals surface area contributed by atoms with Crippen LogP contribution in [0.2, 0.25) is 0 Å². The molecule has 1 aliphatic rings. The highest BCUT2D eigenvalue weighted by Crippen LogP contribution is 2.41. The number of ketones is 1. The maximum atomic E-state index is 12.7. The molecule has 0 bridgehead atoms. The van der Waals surface area contributed by atoms with Crippen molar-refractivity contribution in [1.82, 2.24) is 16.0 Å². The molecule has 34 heteroatoms. The minimum atomic E-state index is -2.10. The zero-order valence-electron chi connectivity index (χ0n) is 38.5. The number of phenols is 1. The van der Waals surface area contributed by atoms with Crippen molar-refractivity contribution in [3.63, 3.8) is 0 Å². The van der Waals surface area contributed by atoms with Gasteiger partial charge in [0.25, 0.3) is 5.69 Å². The van der Waals surface area contributed by atoms with Crippen LogP contribution in [0.25, 0.3) is 0 Å². The molecule has 1 saturated heterocycles. The summed E-state index contributed by atoms with van der Waals surface area (Å²) in [6.45, 7) is -0.859. The van der Waals surface area contributed by atoms with Crippen LogP contribution in [0.4, 0.5) is 5.69 Å². The number of benzene rings is 2. The van der Waals surface area contributed by atoms with Gasteiger partial charge in [-0.1, -0.05) is 0 Å². The lowest BCUT2D eigenvalue weighted by Gasteiger charge is -2.38. The molecule has 75 heavy (non-hydrogen) atoms. The number of carbonyl (C=O) groups is 11. The Morgan fingerprint density at radius 3 is 1.76 bits per heavy atom. The summed E-state index contributed by atoms with van der Waals surface area (Å²) >= 11 is 1.36. The van der Waals surface area contributed by atoms with Crippen molar-refractivity contribution in [2.75, 3.05) is 18.1 Å². The Labute approximate surface area is 429 Å². The number of primary amides is 1. The van der Waals surface area contributed by atoms with Gasteiger partial charge in [0.2, 0.25) is 29.9 Å². The Kier molecular flexibility index (Phi) is 25.2. The lowest BCUT2D eigenvalue weighted by molar-refractivity contribution is -0.387. The number of carbonyl (C=O) groups excluding carboxylic acids is 5. The number of amides is 4. The van der Waals surface area contributed by atoms with Crippen molar-refractivity contribution in [2.24, 2.45) is 17.2 Å². The molecule has 1 fully saturated rings. The summed E-state index contributed by atoms with van der Waals surface area (Å²) in [4.78, 5) is 137. The number of aliphatic hydroxyl groups excluding tert-OH is 3. The van der Waals surface area contributed by atoms with Crippen molar-refractivity contribution in [3.05, 3.63) is 51.6 Å². The number of nitrogens with zero attached hydrogens (tertiary/aromatic N) is 1. The number of hydrogen-bond acceptors (Lipinski definition) is 23. The number of nitrogens with one attached hydrogen (secondary N) is 3. The van der Waals surface area contributed by atoms with Gasteiger partial charge in [0.05, 0.1) is 21.1 Å². The summed E-state index contributed by atoms with van der Waals surface area (Å²) in [7, 11) is 0. The molecule has 19 N–H and O–H groups in total. The Balaban J connectivity index is 0.000000585. The third-order valence-electron chi connectivity index (χ3n) is 9.92. The average molecular weight is 1110 g/mol. The van der Waals surface area contributed by atoms with Gasteiger partial charge in [-0.05, 0) is 37.1 Å². The molecule has 0 spiro atoms. The topological polar surface area (TPSA) is 566 Å². The van der Waals surface area contributed by atoms with E-state index in [2.05, 4.69) is 10.6 Å². The molecule has 3 rings (SSSR count). The fourth-order valence-corrected chi connectivity index (χ4v) is 7.93. The van der Waals surface area contributed by atoms with E-state index in [0.717, 1.165) is 30.0 Å². The van der Waals surface area contributed by atoms with Crippen LogP contribution >= 0.6 is 23.5 Å². The summed E-state index contributed by atoms with van der Waals surface area (Å²) < 4.78 is 10.6. The summed E-state index contributed by atoms with van der Waals surface area (Å²) in [5.41, 5.74) is 14.9. The second-order valence-corrected chi connectivity index (χ2v) is 17.7. The molecule has 4 amide bonds. The maximum absolute atomic E-state index is 12.7. The number of phenolic OH excluding ortho intramolecular Hbond substituents is 1. The van der Waals surface area contributed by atoms with Gasteiger partial charge in [0, 0.05) is 48.0 Å². The van der Waals surface area contributed by atoms with Crippen molar-refractivity contribution < 1.29 is 118 Å². The van der Waals surface area contributed by atoms with Crippen LogP contribution in [0.3, 0.4) is 0 Å². The van der Waals surface area contributed by atoms with E-state index in [1.54, 1.807) is 0 Å².